The van der Waals surface area contributed by atoms with Gasteiger partial charge in [0.1, 0.15) is 5.01 Å². The Morgan fingerprint density at radius 3 is 2.50 bits per heavy atom. The second-order valence-electron chi connectivity index (χ2n) is 6.65. The number of anilines is 1. The lowest BCUT2D eigenvalue weighted by molar-refractivity contribution is -0.117. The fourth-order valence-corrected chi connectivity index (χ4v) is 2.98. The van der Waals surface area contributed by atoms with Crippen LogP contribution in [0.2, 0.25) is 0 Å². The van der Waals surface area contributed by atoms with Crippen molar-refractivity contribution in [3.63, 3.8) is 0 Å². The summed E-state index contributed by atoms with van der Waals surface area (Å²) in [6.07, 6.45) is 1.06. The molecule has 130 valence electrons. The van der Waals surface area contributed by atoms with Crippen LogP contribution in [0.5, 0.6) is 11.5 Å². The van der Waals surface area contributed by atoms with E-state index in [4.69, 9.17) is 9.47 Å². The van der Waals surface area contributed by atoms with Crippen LogP contribution >= 0.6 is 11.3 Å². The van der Waals surface area contributed by atoms with Gasteiger partial charge >= 0.3 is 0 Å². The largest absolute Gasteiger partial charge is 0.493 e. The number of nitrogens with zero attached hydrogens (tertiary/aromatic N) is 2. The molecule has 0 radical (unpaired) electrons. The maximum Gasteiger partial charge on any atom is 0.226 e. The number of nitrogens with one attached hydrogen (secondary N) is 1. The van der Waals surface area contributed by atoms with E-state index in [-0.39, 0.29) is 11.3 Å². The zero-order valence-electron chi connectivity index (χ0n) is 14.7. The molecule has 2 aromatic rings. The molecule has 1 amide bonds. The molecular formula is C17H23N3O3S. The van der Waals surface area contributed by atoms with Crippen LogP contribution in [0.4, 0.5) is 5.13 Å². The lowest BCUT2D eigenvalue weighted by Crippen LogP contribution is -2.19. The van der Waals surface area contributed by atoms with Gasteiger partial charge in [0, 0.05) is 12.8 Å². The number of carbonyl (C=O) groups is 1. The number of hydrogen-bond acceptors (Lipinski definition) is 6. The van der Waals surface area contributed by atoms with Gasteiger partial charge in [0.2, 0.25) is 11.0 Å². The molecule has 0 saturated heterocycles. The van der Waals surface area contributed by atoms with Crippen molar-refractivity contribution in [2.24, 2.45) is 5.41 Å². The molecule has 0 unspecified atom stereocenters. The smallest absolute Gasteiger partial charge is 0.226 e. The zero-order valence-corrected chi connectivity index (χ0v) is 15.5. The van der Waals surface area contributed by atoms with Crippen molar-refractivity contribution in [3.8, 4) is 11.5 Å². The monoisotopic (exact) mass is 349 g/mol. The Morgan fingerprint density at radius 2 is 1.88 bits per heavy atom. The van der Waals surface area contributed by atoms with Crippen molar-refractivity contribution in [2.45, 2.75) is 33.6 Å². The van der Waals surface area contributed by atoms with Crippen molar-refractivity contribution in [1.82, 2.24) is 10.2 Å². The molecule has 0 fully saturated rings. The van der Waals surface area contributed by atoms with E-state index in [0.717, 1.165) is 10.6 Å². The summed E-state index contributed by atoms with van der Waals surface area (Å²) in [7, 11) is 3.21. The van der Waals surface area contributed by atoms with E-state index >= 15 is 0 Å². The van der Waals surface area contributed by atoms with Gasteiger partial charge in [0.25, 0.3) is 0 Å². The van der Waals surface area contributed by atoms with Crippen LogP contribution in [0.15, 0.2) is 18.2 Å². The molecule has 2 rings (SSSR count). The topological polar surface area (TPSA) is 73.3 Å². The van der Waals surface area contributed by atoms with E-state index in [2.05, 4.69) is 15.5 Å². The first kappa shape index (κ1) is 18.2. The molecule has 1 aromatic heterocycles. The van der Waals surface area contributed by atoms with E-state index < -0.39 is 0 Å². The number of hydrogen-bond donors (Lipinski definition) is 1. The molecule has 1 aromatic carbocycles. The lowest BCUT2D eigenvalue weighted by Gasteiger charge is -2.16. The first-order chi connectivity index (χ1) is 11.3. The van der Waals surface area contributed by atoms with E-state index in [1.54, 1.807) is 14.2 Å². The normalized spacial score (nSPS) is 11.2. The highest BCUT2D eigenvalue weighted by atomic mass is 32.1. The number of carbonyl (C=O) groups excluding carboxylic acids is 1. The fraction of sp³-hybridized carbons (Fsp3) is 0.471. The standard InChI is InChI=1S/C17H23N3O3S/c1-17(2,3)10-14(21)18-16-20-19-15(24-16)9-11-6-7-12(22-4)13(8-11)23-5/h6-8H,9-10H2,1-5H3,(H,18,20,21). The number of rotatable bonds is 6. The van der Waals surface area contributed by atoms with Crippen LogP contribution in [0.1, 0.15) is 37.8 Å². The summed E-state index contributed by atoms with van der Waals surface area (Å²) in [5.74, 6) is 1.32. The van der Waals surface area contributed by atoms with Gasteiger partial charge in [-0.15, -0.1) is 10.2 Å². The second kappa shape index (κ2) is 7.61. The molecule has 0 aliphatic carbocycles. The number of methoxy groups -OCH3 is 2. The predicted octanol–water partition coefficient (Wildman–Crippen LogP) is 3.52. The molecule has 6 nitrogen and oxygen atoms in total. The van der Waals surface area contributed by atoms with Gasteiger partial charge in [-0.05, 0) is 23.1 Å². The number of ether oxygens (including phenoxy) is 2. The van der Waals surface area contributed by atoms with Crippen molar-refractivity contribution < 1.29 is 14.3 Å². The molecule has 1 heterocycles. The fourth-order valence-electron chi connectivity index (χ4n) is 2.19. The summed E-state index contributed by atoms with van der Waals surface area (Å²) in [6.45, 7) is 6.07. The molecule has 0 aliphatic heterocycles. The van der Waals surface area contributed by atoms with Gasteiger partial charge in [0.05, 0.1) is 14.2 Å². The quantitative estimate of drug-likeness (QED) is 0.864. The Bertz CT molecular complexity index is 707. The van der Waals surface area contributed by atoms with E-state index in [0.29, 0.717) is 29.5 Å². The maximum atomic E-state index is 11.9. The van der Waals surface area contributed by atoms with Gasteiger partial charge in [-0.2, -0.15) is 0 Å². The van der Waals surface area contributed by atoms with E-state index in [1.165, 1.54) is 11.3 Å². The summed E-state index contributed by atoms with van der Waals surface area (Å²) in [6, 6.07) is 5.74. The first-order valence-corrected chi connectivity index (χ1v) is 8.45. The number of aromatic nitrogens is 2. The molecule has 0 spiro atoms. The summed E-state index contributed by atoms with van der Waals surface area (Å²) < 4.78 is 10.5. The highest BCUT2D eigenvalue weighted by Crippen LogP contribution is 2.29. The minimum absolute atomic E-state index is 0.0451. The Morgan fingerprint density at radius 1 is 1.17 bits per heavy atom. The highest BCUT2D eigenvalue weighted by molar-refractivity contribution is 7.15. The molecule has 0 saturated carbocycles. The Labute approximate surface area is 146 Å². The highest BCUT2D eigenvalue weighted by Gasteiger charge is 2.17. The van der Waals surface area contributed by atoms with Crippen LogP contribution in [0, 0.1) is 5.41 Å². The summed E-state index contributed by atoms with van der Waals surface area (Å²) in [4.78, 5) is 11.9. The molecule has 0 aliphatic rings. The van der Waals surface area contributed by atoms with Gasteiger partial charge in [-0.1, -0.05) is 38.2 Å². The summed E-state index contributed by atoms with van der Waals surface area (Å²) in [5.41, 5.74) is 0.980. The summed E-state index contributed by atoms with van der Waals surface area (Å²) in [5, 5.41) is 12.3. The molecular weight excluding hydrogens is 326 g/mol. The van der Waals surface area contributed by atoms with Crippen LogP contribution in [-0.2, 0) is 11.2 Å². The Kier molecular flexibility index (Phi) is 5.77. The minimum atomic E-state index is -0.0583. The maximum absolute atomic E-state index is 11.9. The third kappa shape index (κ3) is 5.19. The van der Waals surface area contributed by atoms with Gasteiger partial charge in [-0.25, -0.2) is 0 Å². The average molecular weight is 349 g/mol. The van der Waals surface area contributed by atoms with Gasteiger partial charge in [0.15, 0.2) is 11.5 Å². The Balaban J connectivity index is 2.02. The third-order valence-electron chi connectivity index (χ3n) is 3.21. The molecule has 24 heavy (non-hydrogen) atoms. The zero-order chi connectivity index (χ0) is 17.7. The van der Waals surface area contributed by atoms with E-state index in [9.17, 15) is 4.79 Å². The first-order valence-electron chi connectivity index (χ1n) is 7.64. The molecule has 0 atom stereocenters. The minimum Gasteiger partial charge on any atom is -0.493 e. The summed E-state index contributed by atoms with van der Waals surface area (Å²) >= 11 is 1.38. The number of amides is 1. The SMILES string of the molecule is COc1ccc(Cc2nnc(NC(=O)CC(C)(C)C)s2)cc1OC. The number of benzene rings is 1. The van der Waals surface area contributed by atoms with Crippen molar-refractivity contribution in [2.75, 3.05) is 19.5 Å². The van der Waals surface area contributed by atoms with Crippen molar-refractivity contribution >= 4 is 22.4 Å². The molecule has 0 bridgehead atoms. The van der Waals surface area contributed by atoms with Crippen molar-refractivity contribution in [3.05, 3.63) is 28.8 Å². The molecule has 7 heteroatoms. The van der Waals surface area contributed by atoms with Gasteiger partial charge < -0.3 is 14.8 Å². The van der Waals surface area contributed by atoms with Crippen LogP contribution in [-0.4, -0.2) is 30.3 Å². The van der Waals surface area contributed by atoms with Crippen molar-refractivity contribution in [1.29, 1.82) is 0 Å². The Hall–Kier alpha value is -2.15. The average Bonchev–Trinajstić information content (AvgIpc) is 2.92. The van der Waals surface area contributed by atoms with E-state index in [1.807, 2.05) is 39.0 Å². The van der Waals surface area contributed by atoms with Crippen LogP contribution < -0.4 is 14.8 Å². The van der Waals surface area contributed by atoms with Crippen LogP contribution in [0.3, 0.4) is 0 Å². The third-order valence-corrected chi connectivity index (χ3v) is 4.05. The lowest BCUT2D eigenvalue weighted by atomic mass is 9.92. The van der Waals surface area contributed by atoms with Gasteiger partial charge in [-0.3, -0.25) is 4.79 Å². The molecule has 1 N–H and O–H groups in total. The van der Waals surface area contributed by atoms with Crippen LogP contribution in [0.25, 0.3) is 0 Å². The second-order valence-corrected chi connectivity index (χ2v) is 7.71. The predicted molar refractivity (Wildman–Crippen MR) is 95.0 cm³/mol.